The molecule has 0 saturated carbocycles. The Morgan fingerprint density at radius 3 is 2.71 bits per heavy atom. The summed E-state index contributed by atoms with van der Waals surface area (Å²) in [5.41, 5.74) is 5.99. The lowest BCUT2D eigenvalue weighted by Gasteiger charge is -2.06. The van der Waals surface area contributed by atoms with Crippen LogP contribution in [-0.2, 0) is 6.54 Å². The third kappa shape index (κ3) is 2.39. The molecule has 3 nitrogen and oxygen atoms in total. The van der Waals surface area contributed by atoms with Gasteiger partial charge in [-0.2, -0.15) is 5.10 Å². The highest BCUT2D eigenvalue weighted by atomic mass is 15.3. The lowest BCUT2D eigenvalue weighted by Crippen LogP contribution is -2.05. The Morgan fingerprint density at radius 1 is 1.24 bits per heavy atom. The van der Waals surface area contributed by atoms with E-state index in [2.05, 4.69) is 48.7 Å². The topological polar surface area (TPSA) is 29.9 Å². The Hall–Kier alpha value is -1.61. The standard InChI is InChI=1S/C14H19N3/c1-10-5-6-11(2)14(7-10)17-9-13(8-15-4)12(3)16-17/h5-7,9,15H,8H2,1-4H3. The molecular weight excluding hydrogens is 210 g/mol. The molecule has 0 radical (unpaired) electrons. The maximum Gasteiger partial charge on any atom is 0.0677 e. The number of nitrogens with one attached hydrogen (secondary N) is 1. The molecule has 0 spiro atoms. The summed E-state index contributed by atoms with van der Waals surface area (Å²) in [5.74, 6) is 0. The summed E-state index contributed by atoms with van der Waals surface area (Å²) in [6, 6.07) is 6.44. The minimum absolute atomic E-state index is 0.858. The summed E-state index contributed by atoms with van der Waals surface area (Å²) >= 11 is 0. The smallest absolute Gasteiger partial charge is 0.0677 e. The lowest BCUT2D eigenvalue weighted by atomic mass is 10.1. The van der Waals surface area contributed by atoms with Crippen LogP contribution in [0.15, 0.2) is 24.4 Å². The van der Waals surface area contributed by atoms with E-state index in [0.717, 1.165) is 17.9 Å². The minimum Gasteiger partial charge on any atom is -0.316 e. The first-order chi connectivity index (χ1) is 8.11. The zero-order valence-electron chi connectivity index (χ0n) is 10.9. The first kappa shape index (κ1) is 11.9. The van der Waals surface area contributed by atoms with Crippen molar-refractivity contribution in [2.45, 2.75) is 27.3 Å². The van der Waals surface area contributed by atoms with Crippen LogP contribution in [-0.4, -0.2) is 16.8 Å². The van der Waals surface area contributed by atoms with Gasteiger partial charge in [0.1, 0.15) is 0 Å². The van der Waals surface area contributed by atoms with E-state index >= 15 is 0 Å². The van der Waals surface area contributed by atoms with Gasteiger partial charge in [-0.25, -0.2) is 4.68 Å². The molecule has 0 fully saturated rings. The van der Waals surface area contributed by atoms with E-state index < -0.39 is 0 Å². The SMILES string of the molecule is CNCc1cn(-c2cc(C)ccc2C)nc1C. The fourth-order valence-corrected chi connectivity index (χ4v) is 1.95. The summed E-state index contributed by atoms with van der Waals surface area (Å²) in [5, 5.41) is 7.74. The Kier molecular flexibility index (Phi) is 3.29. The molecule has 0 saturated heterocycles. The van der Waals surface area contributed by atoms with Crippen LogP contribution >= 0.6 is 0 Å². The molecule has 3 heteroatoms. The van der Waals surface area contributed by atoms with Crippen molar-refractivity contribution in [3.05, 3.63) is 46.8 Å². The largest absolute Gasteiger partial charge is 0.316 e. The van der Waals surface area contributed by atoms with Gasteiger partial charge in [-0.1, -0.05) is 12.1 Å². The zero-order valence-corrected chi connectivity index (χ0v) is 10.9. The number of rotatable bonds is 3. The van der Waals surface area contributed by atoms with Crippen LogP contribution in [0.5, 0.6) is 0 Å². The second-order valence-electron chi connectivity index (χ2n) is 4.50. The van der Waals surface area contributed by atoms with Crippen molar-refractivity contribution in [3.63, 3.8) is 0 Å². The number of aryl methyl sites for hydroxylation is 3. The van der Waals surface area contributed by atoms with Gasteiger partial charge >= 0.3 is 0 Å². The molecule has 1 heterocycles. The number of hydrogen-bond acceptors (Lipinski definition) is 2. The van der Waals surface area contributed by atoms with Gasteiger partial charge in [-0.3, -0.25) is 0 Å². The van der Waals surface area contributed by atoms with Crippen LogP contribution in [0.2, 0.25) is 0 Å². The average molecular weight is 229 g/mol. The molecule has 17 heavy (non-hydrogen) atoms. The summed E-state index contributed by atoms with van der Waals surface area (Å²) in [4.78, 5) is 0. The van der Waals surface area contributed by atoms with Crippen molar-refractivity contribution >= 4 is 0 Å². The van der Waals surface area contributed by atoms with Crippen molar-refractivity contribution in [2.75, 3.05) is 7.05 Å². The van der Waals surface area contributed by atoms with Gasteiger partial charge in [0.15, 0.2) is 0 Å². The lowest BCUT2D eigenvalue weighted by molar-refractivity contribution is 0.812. The molecule has 0 aliphatic heterocycles. The predicted molar refractivity (Wildman–Crippen MR) is 70.5 cm³/mol. The molecule has 0 aliphatic rings. The zero-order chi connectivity index (χ0) is 12.4. The highest BCUT2D eigenvalue weighted by Crippen LogP contribution is 2.17. The van der Waals surface area contributed by atoms with Crippen LogP contribution in [0.3, 0.4) is 0 Å². The third-order valence-corrected chi connectivity index (χ3v) is 2.98. The van der Waals surface area contributed by atoms with Gasteiger partial charge < -0.3 is 5.32 Å². The molecule has 90 valence electrons. The second kappa shape index (κ2) is 4.72. The average Bonchev–Trinajstić information content (AvgIpc) is 2.64. The van der Waals surface area contributed by atoms with Crippen molar-refractivity contribution in [3.8, 4) is 5.69 Å². The van der Waals surface area contributed by atoms with Crippen LogP contribution < -0.4 is 5.32 Å². The van der Waals surface area contributed by atoms with Gasteiger partial charge in [0.05, 0.1) is 11.4 Å². The van der Waals surface area contributed by atoms with E-state index in [1.807, 2.05) is 18.7 Å². The molecule has 2 rings (SSSR count). The molecule has 1 N–H and O–H groups in total. The summed E-state index contributed by atoms with van der Waals surface area (Å²) in [7, 11) is 1.95. The van der Waals surface area contributed by atoms with E-state index in [-0.39, 0.29) is 0 Å². The van der Waals surface area contributed by atoms with Gasteiger partial charge in [0, 0.05) is 18.3 Å². The van der Waals surface area contributed by atoms with E-state index in [9.17, 15) is 0 Å². The number of aromatic nitrogens is 2. The third-order valence-electron chi connectivity index (χ3n) is 2.98. The fourth-order valence-electron chi connectivity index (χ4n) is 1.95. The molecule has 0 amide bonds. The van der Waals surface area contributed by atoms with Crippen LogP contribution in [0.4, 0.5) is 0 Å². The number of hydrogen-bond donors (Lipinski definition) is 1. The molecule has 1 aromatic heterocycles. The van der Waals surface area contributed by atoms with Crippen molar-refractivity contribution in [2.24, 2.45) is 0 Å². The normalized spacial score (nSPS) is 10.8. The molecule has 0 unspecified atom stereocenters. The van der Waals surface area contributed by atoms with E-state index in [0.29, 0.717) is 0 Å². The molecule has 0 bridgehead atoms. The molecule has 0 aliphatic carbocycles. The highest BCUT2D eigenvalue weighted by Gasteiger charge is 2.07. The van der Waals surface area contributed by atoms with Gasteiger partial charge in [-0.05, 0) is 45.0 Å². The van der Waals surface area contributed by atoms with Gasteiger partial charge in [-0.15, -0.1) is 0 Å². The van der Waals surface area contributed by atoms with Gasteiger partial charge in [0.25, 0.3) is 0 Å². The maximum atomic E-state index is 4.58. The fraction of sp³-hybridized carbons (Fsp3) is 0.357. The molecule has 0 atom stereocenters. The quantitative estimate of drug-likeness (QED) is 0.876. The minimum atomic E-state index is 0.858. The number of benzene rings is 1. The Labute approximate surface area is 102 Å². The van der Waals surface area contributed by atoms with Gasteiger partial charge in [0.2, 0.25) is 0 Å². The van der Waals surface area contributed by atoms with E-state index in [4.69, 9.17) is 0 Å². The van der Waals surface area contributed by atoms with Crippen molar-refractivity contribution in [1.82, 2.24) is 15.1 Å². The van der Waals surface area contributed by atoms with Crippen molar-refractivity contribution < 1.29 is 0 Å². The number of nitrogens with zero attached hydrogens (tertiary/aromatic N) is 2. The predicted octanol–water partition coefficient (Wildman–Crippen LogP) is 2.52. The Morgan fingerprint density at radius 2 is 2.00 bits per heavy atom. The molecular formula is C14H19N3. The van der Waals surface area contributed by atoms with E-state index in [1.54, 1.807) is 0 Å². The highest BCUT2D eigenvalue weighted by molar-refractivity contribution is 5.43. The first-order valence-electron chi connectivity index (χ1n) is 5.89. The van der Waals surface area contributed by atoms with Crippen molar-refractivity contribution in [1.29, 1.82) is 0 Å². The monoisotopic (exact) mass is 229 g/mol. The van der Waals surface area contributed by atoms with Crippen LogP contribution in [0, 0.1) is 20.8 Å². The Bertz CT molecular complexity index is 526. The van der Waals surface area contributed by atoms with Crippen LogP contribution in [0.25, 0.3) is 5.69 Å². The van der Waals surface area contributed by atoms with Crippen LogP contribution in [0.1, 0.15) is 22.4 Å². The Balaban J connectivity index is 2.45. The summed E-state index contributed by atoms with van der Waals surface area (Å²) in [6.45, 7) is 7.13. The molecule has 2 aromatic rings. The molecule has 1 aromatic carbocycles. The summed E-state index contributed by atoms with van der Waals surface area (Å²) in [6.07, 6.45) is 2.10. The summed E-state index contributed by atoms with van der Waals surface area (Å²) < 4.78 is 1.98. The first-order valence-corrected chi connectivity index (χ1v) is 5.89. The second-order valence-corrected chi connectivity index (χ2v) is 4.50. The van der Waals surface area contributed by atoms with E-state index in [1.165, 1.54) is 16.7 Å². The maximum absolute atomic E-state index is 4.58.